The maximum absolute atomic E-state index is 5.35. The smallest absolute Gasteiger partial charge is 0.244 e. The molecule has 0 radical (unpaired) electrons. The van der Waals surface area contributed by atoms with Gasteiger partial charge in [0.25, 0.3) is 0 Å². The lowest BCUT2D eigenvalue weighted by Gasteiger charge is -2.02. The van der Waals surface area contributed by atoms with Gasteiger partial charge in [0.15, 0.2) is 0 Å². The van der Waals surface area contributed by atoms with Crippen molar-refractivity contribution in [3.63, 3.8) is 0 Å². The minimum absolute atomic E-state index is 0.224. The molecule has 0 bridgehead atoms. The topological polar surface area (TPSA) is 51.0 Å². The SMILES string of the molecule is Cc1cc(Br)ccc1-c1noc(C2CCCN2)n1. The zero-order valence-corrected chi connectivity index (χ0v) is 11.7. The fourth-order valence-electron chi connectivity index (χ4n) is 2.26. The summed E-state index contributed by atoms with van der Waals surface area (Å²) in [6.07, 6.45) is 2.24. The van der Waals surface area contributed by atoms with Gasteiger partial charge in [-0.05, 0) is 50.1 Å². The van der Waals surface area contributed by atoms with Gasteiger partial charge in [0, 0.05) is 10.0 Å². The first-order chi connectivity index (χ1) is 8.74. The summed E-state index contributed by atoms with van der Waals surface area (Å²) in [6, 6.07) is 6.28. The maximum Gasteiger partial charge on any atom is 0.244 e. The fourth-order valence-corrected chi connectivity index (χ4v) is 2.73. The van der Waals surface area contributed by atoms with E-state index in [-0.39, 0.29) is 6.04 Å². The second-order valence-corrected chi connectivity index (χ2v) is 5.48. The van der Waals surface area contributed by atoms with Crippen molar-refractivity contribution >= 4 is 15.9 Å². The average Bonchev–Trinajstić information content (AvgIpc) is 2.99. The van der Waals surface area contributed by atoms with Gasteiger partial charge in [0.2, 0.25) is 11.7 Å². The van der Waals surface area contributed by atoms with Crippen molar-refractivity contribution in [2.75, 3.05) is 6.54 Å². The first kappa shape index (κ1) is 11.9. The van der Waals surface area contributed by atoms with Crippen molar-refractivity contribution in [2.45, 2.75) is 25.8 Å². The van der Waals surface area contributed by atoms with E-state index >= 15 is 0 Å². The first-order valence-corrected chi connectivity index (χ1v) is 6.87. The van der Waals surface area contributed by atoms with E-state index in [9.17, 15) is 0 Å². The molecule has 5 heteroatoms. The van der Waals surface area contributed by atoms with E-state index in [1.807, 2.05) is 19.1 Å². The summed E-state index contributed by atoms with van der Waals surface area (Å²) in [5.74, 6) is 1.37. The third-order valence-electron chi connectivity index (χ3n) is 3.23. The summed E-state index contributed by atoms with van der Waals surface area (Å²) in [7, 11) is 0. The van der Waals surface area contributed by atoms with Crippen molar-refractivity contribution in [1.29, 1.82) is 0 Å². The number of nitrogens with one attached hydrogen (secondary N) is 1. The van der Waals surface area contributed by atoms with Crippen molar-refractivity contribution in [3.8, 4) is 11.4 Å². The molecule has 1 saturated heterocycles. The quantitative estimate of drug-likeness (QED) is 0.925. The van der Waals surface area contributed by atoms with E-state index in [0.717, 1.165) is 28.6 Å². The van der Waals surface area contributed by atoms with E-state index in [4.69, 9.17) is 4.52 Å². The molecule has 94 valence electrons. The Kier molecular flexibility index (Phi) is 3.18. The normalized spacial score (nSPS) is 19.3. The highest BCUT2D eigenvalue weighted by atomic mass is 79.9. The van der Waals surface area contributed by atoms with Gasteiger partial charge < -0.3 is 9.84 Å². The molecule has 2 aromatic rings. The van der Waals surface area contributed by atoms with Crippen LogP contribution >= 0.6 is 15.9 Å². The number of halogens is 1. The molecule has 1 aromatic heterocycles. The molecule has 0 aliphatic carbocycles. The highest BCUT2D eigenvalue weighted by Crippen LogP contribution is 2.27. The largest absolute Gasteiger partial charge is 0.337 e. The van der Waals surface area contributed by atoms with Crippen LogP contribution in [0.2, 0.25) is 0 Å². The van der Waals surface area contributed by atoms with Gasteiger partial charge in [0.05, 0.1) is 6.04 Å². The number of aryl methyl sites for hydroxylation is 1. The summed E-state index contributed by atoms with van der Waals surface area (Å²) in [4.78, 5) is 4.50. The predicted octanol–water partition coefficient (Wildman–Crippen LogP) is 3.23. The van der Waals surface area contributed by atoms with Crippen LogP contribution in [0.15, 0.2) is 27.2 Å². The number of benzene rings is 1. The van der Waals surface area contributed by atoms with E-state index < -0.39 is 0 Å². The fraction of sp³-hybridized carbons (Fsp3) is 0.385. The van der Waals surface area contributed by atoms with Crippen molar-refractivity contribution in [1.82, 2.24) is 15.5 Å². The Morgan fingerprint density at radius 3 is 3.06 bits per heavy atom. The highest BCUT2D eigenvalue weighted by molar-refractivity contribution is 9.10. The summed E-state index contributed by atoms with van der Waals surface area (Å²) in [6.45, 7) is 3.07. The van der Waals surface area contributed by atoms with Gasteiger partial charge >= 0.3 is 0 Å². The van der Waals surface area contributed by atoms with Gasteiger partial charge in [-0.2, -0.15) is 4.98 Å². The zero-order valence-electron chi connectivity index (χ0n) is 10.1. The number of hydrogen-bond acceptors (Lipinski definition) is 4. The number of aromatic nitrogens is 2. The summed E-state index contributed by atoms with van der Waals surface area (Å²) >= 11 is 3.45. The van der Waals surface area contributed by atoms with Crippen LogP contribution in [0.4, 0.5) is 0 Å². The van der Waals surface area contributed by atoms with Crippen LogP contribution in [0, 0.1) is 6.92 Å². The van der Waals surface area contributed by atoms with Gasteiger partial charge in [-0.25, -0.2) is 0 Å². The molecule has 1 N–H and O–H groups in total. The molecule has 1 aliphatic rings. The molecule has 18 heavy (non-hydrogen) atoms. The van der Waals surface area contributed by atoms with Crippen LogP contribution in [0.5, 0.6) is 0 Å². The third kappa shape index (κ3) is 2.20. The molecular formula is C13H14BrN3O. The Bertz CT molecular complexity index is 561. The molecule has 0 amide bonds. The van der Waals surface area contributed by atoms with Crippen molar-refractivity contribution < 1.29 is 4.52 Å². The Labute approximate surface area is 114 Å². The van der Waals surface area contributed by atoms with Gasteiger partial charge in [-0.15, -0.1) is 0 Å². The minimum atomic E-state index is 0.224. The predicted molar refractivity (Wildman–Crippen MR) is 72.1 cm³/mol. The Morgan fingerprint density at radius 1 is 1.44 bits per heavy atom. The summed E-state index contributed by atoms with van der Waals surface area (Å²) < 4.78 is 6.41. The standard InChI is InChI=1S/C13H14BrN3O/c1-8-7-9(14)4-5-10(8)12-16-13(18-17-12)11-3-2-6-15-11/h4-5,7,11,15H,2-3,6H2,1H3. The zero-order chi connectivity index (χ0) is 12.5. The number of hydrogen-bond donors (Lipinski definition) is 1. The van der Waals surface area contributed by atoms with Gasteiger partial charge in [-0.3, -0.25) is 0 Å². The molecule has 0 spiro atoms. The summed E-state index contributed by atoms with van der Waals surface area (Å²) in [5, 5.41) is 7.44. The Morgan fingerprint density at radius 2 is 2.33 bits per heavy atom. The van der Waals surface area contributed by atoms with Gasteiger partial charge in [-0.1, -0.05) is 21.1 Å². The number of nitrogens with zero attached hydrogens (tertiary/aromatic N) is 2. The van der Waals surface area contributed by atoms with E-state index in [1.54, 1.807) is 0 Å². The van der Waals surface area contributed by atoms with Crippen molar-refractivity contribution in [2.24, 2.45) is 0 Å². The Balaban J connectivity index is 1.92. The molecule has 1 aliphatic heterocycles. The molecule has 1 fully saturated rings. The van der Waals surface area contributed by atoms with Crippen LogP contribution in [-0.2, 0) is 0 Å². The van der Waals surface area contributed by atoms with E-state index in [0.29, 0.717) is 11.7 Å². The van der Waals surface area contributed by atoms with Crippen LogP contribution in [0.3, 0.4) is 0 Å². The maximum atomic E-state index is 5.35. The molecule has 1 atom stereocenters. The molecular weight excluding hydrogens is 294 g/mol. The van der Waals surface area contributed by atoms with E-state index in [2.05, 4.69) is 37.5 Å². The van der Waals surface area contributed by atoms with Gasteiger partial charge in [0.1, 0.15) is 0 Å². The molecule has 3 rings (SSSR count). The van der Waals surface area contributed by atoms with Crippen LogP contribution in [-0.4, -0.2) is 16.7 Å². The highest BCUT2D eigenvalue weighted by Gasteiger charge is 2.22. The summed E-state index contributed by atoms with van der Waals surface area (Å²) in [5.41, 5.74) is 2.15. The second-order valence-electron chi connectivity index (χ2n) is 4.56. The first-order valence-electron chi connectivity index (χ1n) is 6.07. The lowest BCUT2D eigenvalue weighted by atomic mass is 10.1. The molecule has 1 aromatic carbocycles. The van der Waals surface area contributed by atoms with Crippen molar-refractivity contribution in [3.05, 3.63) is 34.1 Å². The van der Waals surface area contributed by atoms with E-state index in [1.165, 1.54) is 6.42 Å². The van der Waals surface area contributed by atoms with Crippen LogP contribution in [0.25, 0.3) is 11.4 Å². The lowest BCUT2D eigenvalue weighted by molar-refractivity contribution is 0.345. The third-order valence-corrected chi connectivity index (χ3v) is 3.72. The molecule has 0 saturated carbocycles. The molecule has 4 nitrogen and oxygen atoms in total. The Hall–Kier alpha value is -1.20. The average molecular weight is 308 g/mol. The molecule has 1 unspecified atom stereocenters. The van der Waals surface area contributed by atoms with Crippen LogP contribution in [0.1, 0.15) is 30.3 Å². The minimum Gasteiger partial charge on any atom is -0.337 e. The number of rotatable bonds is 2. The lowest BCUT2D eigenvalue weighted by Crippen LogP contribution is -2.12. The monoisotopic (exact) mass is 307 g/mol. The van der Waals surface area contributed by atoms with Crippen LogP contribution < -0.4 is 5.32 Å². The second kappa shape index (κ2) is 4.82. The molecule has 2 heterocycles.